The van der Waals surface area contributed by atoms with Gasteiger partial charge < -0.3 is 9.84 Å². The zero-order valence-corrected chi connectivity index (χ0v) is 13.7. The largest absolute Gasteiger partial charge is 0.494 e. The van der Waals surface area contributed by atoms with Crippen LogP contribution in [0, 0.1) is 0 Å². The van der Waals surface area contributed by atoms with Crippen molar-refractivity contribution >= 4 is 12.3 Å². The Balaban J connectivity index is 1.75. The van der Waals surface area contributed by atoms with Crippen LogP contribution in [0.2, 0.25) is 0 Å². The smallest absolute Gasteiger partial charge is 0.293 e. The van der Waals surface area contributed by atoms with Crippen LogP contribution in [0.25, 0.3) is 0 Å². The minimum atomic E-state index is -0.908. The van der Waals surface area contributed by atoms with Gasteiger partial charge in [-0.15, -0.1) is 0 Å². The molecule has 25 heavy (non-hydrogen) atoms. The zero-order chi connectivity index (χ0) is 17.6. The Morgan fingerprint density at radius 1 is 1.28 bits per heavy atom. The number of benzene rings is 1. The SMILES string of the molecule is O=COC(CCc1ccccc1)C(=O)C1=C(O)N2C=CC=CC2=CC1. The molecule has 0 spiro atoms. The van der Waals surface area contributed by atoms with Crippen molar-refractivity contribution in [1.29, 1.82) is 0 Å². The molecule has 2 aliphatic rings. The molecule has 1 atom stereocenters. The first-order chi connectivity index (χ1) is 12.2. The third-order valence-corrected chi connectivity index (χ3v) is 4.25. The van der Waals surface area contributed by atoms with Gasteiger partial charge in [-0.1, -0.05) is 42.5 Å². The van der Waals surface area contributed by atoms with Crippen LogP contribution < -0.4 is 0 Å². The monoisotopic (exact) mass is 337 g/mol. The van der Waals surface area contributed by atoms with Gasteiger partial charge in [-0.05, 0) is 30.6 Å². The van der Waals surface area contributed by atoms with E-state index >= 15 is 0 Å². The topological polar surface area (TPSA) is 66.8 Å². The van der Waals surface area contributed by atoms with E-state index in [4.69, 9.17) is 4.74 Å². The molecule has 0 fully saturated rings. The summed E-state index contributed by atoms with van der Waals surface area (Å²) in [6.07, 6.45) is 9.41. The summed E-state index contributed by atoms with van der Waals surface area (Å²) >= 11 is 0. The number of nitrogens with zero attached hydrogens (tertiary/aromatic N) is 1. The fraction of sp³-hybridized carbons (Fsp3) is 0.200. The predicted molar refractivity (Wildman–Crippen MR) is 93.2 cm³/mol. The van der Waals surface area contributed by atoms with Crippen molar-refractivity contribution in [3.63, 3.8) is 0 Å². The van der Waals surface area contributed by atoms with Crippen molar-refractivity contribution in [2.45, 2.75) is 25.4 Å². The van der Waals surface area contributed by atoms with E-state index in [1.165, 1.54) is 0 Å². The number of ether oxygens (including phenoxy) is 1. The van der Waals surface area contributed by atoms with Gasteiger partial charge in [0.2, 0.25) is 11.7 Å². The fourth-order valence-corrected chi connectivity index (χ4v) is 2.93. The zero-order valence-electron chi connectivity index (χ0n) is 13.7. The summed E-state index contributed by atoms with van der Waals surface area (Å²) < 4.78 is 5.02. The lowest BCUT2D eigenvalue weighted by Crippen LogP contribution is -2.31. The summed E-state index contributed by atoms with van der Waals surface area (Å²) in [6.45, 7) is 0.290. The molecule has 3 rings (SSSR count). The summed E-state index contributed by atoms with van der Waals surface area (Å²) in [4.78, 5) is 25.2. The molecule has 128 valence electrons. The summed E-state index contributed by atoms with van der Waals surface area (Å²) in [7, 11) is 0. The van der Waals surface area contributed by atoms with E-state index in [9.17, 15) is 14.7 Å². The highest BCUT2D eigenvalue weighted by molar-refractivity contribution is 6.00. The number of hydrogen-bond acceptors (Lipinski definition) is 5. The molecule has 0 bridgehead atoms. The summed E-state index contributed by atoms with van der Waals surface area (Å²) in [5.74, 6) is -0.471. The summed E-state index contributed by atoms with van der Waals surface area (Å²) in [5.41, 5.74) is 2.13. The number of allylic oxidation sites excluding steroid dienone is 4. The third-order valence-electron chi connectivity index (χ3n) is 4.25. The van der Waals surface area contributed by atoms with Crippen molar-refractivity contribution in [3.8, 4) is 0 Å². The highest BCUT2D eigenvalue weighted by atomic mass is 16.5. The molecule has 1 aromatic carbocycles. The molecule has 2 aliphatic heterocycles. The number of hydrogen-bond donors (Lipinski definition) is 1. The minimum Gasteiger partial charge on any atom is -0.494 e. The Morgan fingerprint density at radius 2 is 2.08 bits per heavy atom. The fourth-order valence-electron chi connectivity index (χ4n) is 2.93. The summed E-state index contributed by atoms with van der Waals surface area (Å²) in [6, 6.07) is 9.68. The van der Waals surface area contributed by atoms with Crippen LogP contribution >= 0.6 is 0 Å². The van der Waals surface area contributed by atoms with Crippen LogP contribution in [0.15, 0.2) is 78.0 Å². The molecular weight excluding hydrogens is 318 g/mol. The maximum Gasteiger partial charge on any atom is 0.293 e. The second-order valence-corrected chi connectivity index (χ2v) is 5.82. The Labute approximate surface area is 146 Å². The van der Waals surface area contributed by atoms with Crippen LogP contribution in [0.1, 0.15) is 18.4 Å². The molecule has 0 radical (unpaired) electrons. The van der Waals surface area contributed by atoms with Gasteiger partial charge in [-0.25, -0.2) is 0 Å². The average molecular weight is 337 g/mol. The molecule has 1 aromatic rings. The lowest BCUT2D eigenvalue weighted by molar-refractivity contribution is -0.142. The number of carbonyl (C=O) groups is 2. The number of fused-ring (bicyclic) bond motifs is 1. The molecular formula is C20H19NO4. The van der Waals surface area contributed by atoms with Crippen LogP contribution in [0.5, 0.6) is 0 Å². The normalized spacial score (nSPS) is 17.0. The molecule has 1 N–H and O–H groups in total. The molecule has 0 saturated carbocycles. The van der Waals surface area contributed by atoms with Crippen LogP contribution in [-0.4, -0.2) is 28.4 Å². The number of aliphatic hydroxyl groups is 1. The van der Waals surface area contributed by atoms with Gasteiger partial charge in [0, 0.05) is 18.3 Å². The van der Waals surface area contributed by atoms with Crippen molar-refractivity contribution in [2.75, 3.05) is 0 Å². The van der Waals surface area contributed by atoms with Crippen LogP contribution in [0.3, 0.4) is 0 Å². The Morgan fingerprint density at radius 3 is 2.84 bits per heavy atom. The van der Waals surface area contributed by atoms with Gasteiger partial charge in [0.15, 0.2) is 6.10 Å². The first-order valence-corrected chi connectivity index (χ1v) is 8.14. The van der Waals surface area contributed by atoms with Gasteiger partial charge in [0.25, 0.3) is 6.47 Å². The first kappa shape index (κ1) is 16.8. The van der Waals surface area contributed by atoms with Gasteiger partial charge in [0.1, 0.15) is 0 Å². The first-order valence-electron chi connectivity index (χ1n) is 8.14. The molecule has 2 heterocycles. The number of Topliss-reactive ketones (excluding diaryl/α,β-unsaturated/α-hetero) is 1. The second kappa shape index (κ2) is 7.66. The predicted octanol–water partition coefficient (Wildman–Crippen LogP) is 3.17. The molecule has 0 aromatic heterocycles. The molecule has 5 heteroatoms. The van der Waals surface area contributed by atoms with E-state index < -0.39 is 6.10 Å². The Hall–Kier alpha value is -3.08. The molecule has 1 unspecified atom stereocenters. The van der Waals surface area contributed by atoms with Gasteiger partial charge >= 0.3 is 0 Å². The van der Waals surface area contributed by atoms with Crippen molar-refractivity contribution in [2.24, 2.45) is 0 Å². The van der Waals surface area contributed by atoms with Crippen molar-refractivity contribution in [1.82, 2.24) is 4.90 Å². The number of carbonyl (C=O) groups excluding carboxylic acids is 2. The molecule has 0 saturated heterocycles. The Kier molecular flexibility index (Phi) is 5.14. The second-order valence-electron chi connectivity index (χ2n) is 5.82. The van der Waals surface area contributed by atoms with E-state index in [1.807, 2.05) is 48.6 Å². The number of rotatable bonds is 7. The highest BCUT2D eigenvalue weighted by Gasteiger charge is 2.30. The Bertz CT molecular complexity index is 774. The number of aliphatic hydroxyl groups excluding tert-OH is 1. The quantitative estimate of drug-likeness (QED) is 0.774. The lowest BCUT2D eigenvalue weighted by Gasteiger charge is -2.28. The maximum atomic E-state index is 12.8. The number of ketones is 1. The standard InChI is InChI=1S/C20H19NO4/c22-14-25-18(12-9-15-6-2-1-3-7-15)19(23)17-11-10-16-8-4-5-13-21(16)20(17)24/h1-8,10,13-14,18,24H,9,11-12H2. The van der Waals surface area contributed by atoms with Gasteiger partial charge in [-0.3, -0.25) is 14.5 Å². The van der Waals surface area contributed by atoms with E-state index in [2.05, 4.69) is 0 Å². The molecule has 5 nitrogen and oxygen atoms in total. The van der Waals surface area contributed by atoms with E-state index in [0.29, 0.717) is 25.7 Å². The summed E-state index contributed by atoms with van der Waals surface area (Å²) in [5, 5.41) is 10.5. The minimum absolute atomic E-state index is 0.109. The number of aryl methyl sites for hydroxylation is 1. The van der Waals surface area contributed by atoms with E-state index in [1.54, 1.807) is 17.2 Å². The average Bonchev–Trinajstić information content (AvgIpc) is 2.66. The van der Waals surface area contributed by atoms with Crippen molar-refractivity contribution < 1.29 is 19.4 Å². The van der Waals surface area contributed by atoms with E-state index in [-0.39, 0.29) is 17.2 Å². The van der Waals surface area contributed by atoms with Gasteiger partial charge in [-0.2, -0.15) is 0 Å². The molecule has 0 aliphatic carbocycles. The third kappa shape index (κ3) is 3.71. The van der Waals surface area contributed by atoms with Crippen molar-refractivity contribution in [3.05, 3.63) is 83.6 Å². The van der Waals surface area contributed by atoms with E-state index in [0.717, 1.165) is 11.3 Å². The highest BCUT2D eigenvalue weighted by Crippen LogP contribution is 2.29. The van der Waals surface area contributed by atoms with Crippen LogP contribution in [-0.2, 0) is 20.7 Å². The molecule has 0 amide bonds. The maximum absolute atomic E-state index is 12.8. The van der Waals surface area contributed by atoms with Gasteiger partial charge in [0.05, 0.1) is 5.57 Å². The lowest BCUT2D eigenvalue weighted by atomic mass is 9.95. The van der Waals surface area contributed by atoms with Crippen LogP contribution in [0.4, 0.5) is 0 Å².